The molecule has 0 radical (unpaired) electrons. The molecule has 1 aliphatic heterocycles. The fraction of sp³-hybridized carbons (Fsp3) is 0.300. The Kier molecular flexibility index (Phi) is 4.05. The van der Waals surface area contributed by atoms with Gasteiger partial charge in [0.25, 0.3) is 5.91 Å². The maximum atomic E-state index is 12.8. The summed E-state index contributed by atoms with van der Waals surface area (Å²) in [5.74, 6) is -0.0668. The van der Waals surface area contributed by atoms with Crippen LogP contribution in [0.25, 0.3) is 27.8 Å². The van der Waals surface area contributed by atoms with Crippen LogP contribution in [0.5, 0.6) is 0 Å². The molecule has 142 valence electrons. The minimum Gasteiger partial charge on any atom is -0.349 e. The number of pyridine rings is 2. The summed E-state index contributed by atoms with van der Waals surface area (Å²) < 4.78 is 1.73. The number of aromatic nitrogens is 5. The first kappa shape index (κ1) is 16.9. The van der Waals surface area contributed by atoms with E-state index in [2.05, 4.69) is 37.3 Å². The van der Waals surface area contributed by atoms with Gasteiger partial charge in [0.1, 0.15) is 12.0 Å². The van der Waals surface area contributed by atoms with Crippen molar-refractivity contribution in [1.29, 1.82) is 0 Å². The monoisotopic (exact) mass is 375 g/mol. The van der Waals surface area contributed by atoms with Gasteiger partial charge in [-0.1, -0.05) is 0 Å². The van der Waals surface area contributed by atoms with E-state index >= 15 is 0 Å². The number of nitrogens with one attached hydrogen (secondary N) is 2. The summed E-state index contributed by atoms with van der Waals surface area (Å²) in [6.45, 7) is 2.02. The van der Waals surface area contributed by atoms with Crippen LogP contribution < -0.4 is 5.32 Å². The van der Waals surface area contributed by atoms with Gasteiger partial charge in [0, 0.05) is 41.1 Å². The molecule has 5 heterocycles. The van der Waals surface area contributed by atoms with Crippen molar-refractivity contribution in [1.82, 2.24) is 34.8 Å². The van der Waals surface area contributed by atoms with Crippen molar-refractivity contribution in [2.45, 2.75) is 18.9 Å². The lowest BCUT2D eigenvalue weighted by Crippen LogP contribution is -2.43. The zero-order valence-electron chi connectivity index (χ0n) is 15.6. The van der Waals surface area contributed by atoms with Gasteiger partial charge in [-0.3, -0.25) is 4.79 Å². The second-order valence-corrected chi connectivity index (χ2v) is 7.35. The van der Waals surface area contributed by atoms with Crippen molar-refractivity contribution in [3.63, 3.8) is 0 Å². The number of likely N-dealkylation sites (tertiary alicyclic amines) is 1. The third-order valence-corrected chi connectivity index (χ3v) is 5.43. The Balaban J connectivity index is 1.45. The van der Waals surface area contributed by atoms with Gasteiger partial charge < -0.3 is 15.2 Å². The van der Waals surface area contributed by atoms with Gasteiger partial charge in [-0.05, 0) is 51.2 Å². The minimum absolute atomic E-state index is 0.0668. The minimum atomic E-state index is -0.0668. The van der Waals surface area contributed by atoms with Crippen molar-refractivity contribution in [3.05, 3.63) is 48.7 Å². The van der Waals surface area contributed by atoms with Crippen LogP contribution in [-0.2, 0) is 0 Å². The van der Waals surface area contributed by atoms with E-state index in [1.807, 2.05) is 30.6 Å². The number of nitrogens with zero attached hydrogens (tertiary/aromatic N) is 5. The third kappa shape index (κ3) is 3.01. The van der Waals surface area contributed by atoms with Crippen LogP contribution in [0.4, 0.5) is 0 Å². The molecule has 4 aromatic rings. The van der Waals surface area contributed by atoms with E-state index < -0.39 is 0 Å². The van der Waals surface area contributed by atoms with Crippen LogP contribution in [0.3, 0.4) is 0 Å². The van der Waals surface area contributed by atoms with Crippen LogP contribution >= 0.6 is 0 Å². The van der Waals surface area contributed by atoms with E-state index in [1.165, 1.54) is 6.33 Å². The number of fused-ring (bicyclic) bond motifs is 2. The summed E-state index contributed by atoms with van der Waals surface area (Å²) in [5, 5.41) is 8.26. The van der Waals surface area contributed by atoms with E-state index in [9.17, 15) is 4.79 Å². The Bertz CT molecular complexity index is 1150. The van der Waals surface area contributed by atoms with E-state index in [-0.39, 0.29) is 11.9 Å². The third-order valence-electron chi connectivity index (χ3n) is 5.43. The molecule has 0 saturated carbocycles. The Labute approximate surface area is 161 Å². The standard InChI is InChI=1S/C20H21N7O/c1-26-6-4-15(5-7-26)25-20(28)14-8-16-17(10-22-19(16)21-9-14)13-2-3-18-23-12-24-27(18)11-13/h2-3,8-12,15H,4-7H2,1H3,(H,21,22)(H,25,28). The van der Waals surface area contributed by atoms with Crippen molar-refractivity contribution >= 4 is 22.6 Å². The lowest BCUT2D eigenvalue weighted by atomic mass is 10.0. The first-order chi connectivity index (χ1) is 13.7. The lowest BCUT2D eigenvalue weighted by molar-refractivity contribution is 0.0916. The van der Waals surface area contributed by atoms with E-state index in [0.717, 1.165) is 53.7 Å². The molecule has 0 atom stereocenters. The molecule has 0 aliphatic carbocycles. The molecule has 5 rings (SSSR count). The average Bonchev–Trinajstić information content (AvgIpc) is 3.35. The van der Waals surface area contributed by atoms with Gasteiger partial charge in [-0.2, -0.15) is 5.10 Å². The highest BCUT2D eigenvalue weighted by atomic mass is 16.1. The molecule has 1 saturated heterocycles. The Morgan fingerprint density at radius 2 is 2.11 bits per heavy atom. The molecule has 0 unspecified atom stereocenters. The number of amides is 1. The fourth-order valence-electron chi connectivity index (χ4n) is 3.76. The second kappa shape index (κ2) is 6.72. The average molecular weight is 375 g/mol. The number of piperidine rings is 1. The topological polar surface area (TPSA) is 91.2 Å². The quantitative estimate of drug-likeness (QED) is 0.572. The molecule has 4 aromatic heterocycles. The highest BCUT2D eigenvalue weighted by Gasteiger charge is 2.20. The summed E-state index contributed by atoms with van der Waals surface area (Å²) in [5.41, 5.74) is 4.09. The Morgan fingerprint density at radius 3 is 2.96 bits per heavy atom. The van der Waals surface area contributed by atoms with Crippen molar-refractivity contribution in [3.8, 4) is 11.1 Å². The molecule has 1 amide bonds. The summed E-state index contributed by atoms with van der Waals surface area (Å²) in [6, 6.07) is 6.05. The summed E-state index contributed by atoms with van der Waals surface area (Å²) in [7, 11) is 2.11. The van der Waals surface area contributed by atoms with E-state index in [1.54, 1.807) is 10.7 Å². The number of rotatable bonds is 3. The molecule has 1 fully saturated rings. The number of carbonyl (C=O) groups is 1. The summed E-state index contributed by atoms with van der Waals surface area (Å²) >= 11 is 0. The zero-order chi connectivity index (χ0) is 19.1. The van der Waals surface area contributed by atoms with Gasteiger partial charge in [0.2, 0.25) is 0 Å². The van der Waals surface area contributed by atoms with E-state index in [4.69, 9.17) is 0 Å². The first-order valence-corrected chi connectivity index (χ1v) is 9.44. The zero-order valence-corrected chi connectivity index (χ0v) is 15.6. The largest absolute Gasteiger partial charge is 0.349 e. The molecule has 0 spiro atoms. The van der Waals surface area contributed by atoms with Gasteiger partial charge in [-0.15, -0.1) is 0 Å². The SMILES string of the molecule is CN1CCC(NC(=O)c2cnc3[nH]cc(-c4ccc5ncnn5c4)c3c2)CC1. The second-order valence-electron chi connectivity index (χ2n) is 7.35. The van der Waals surface area contributed by atoms with Crippen LogP contribution in [0.1, 0.15) is 23.2 Å². The number of carbonyl (C=O) groups excluding carboxylic acids is 1. The van der Waals surface area contributed by atoms with Crippen LogP contribution in [0.15, 0.2) is 43.1 Å². The summed E-state index contributed by atoms with van der Waals surface area (Å²) in [4.78, 5) is 26.8. The fourth-order valence-corrected chi connectivity index (χ4v) is 3.76. The number of H-pyrrole nitrogens is 1. The highest BCUT2D eigenvalue weighted by Crippen LogP contribution is 2.28. The van der Waals surface area contributed by atoms with Gasteiger partial charge in [0.15, 0.2) is 5.65 Å². The molecule has 8 heteroatoms. The van der Waals surface area contributed by atoms with Crippen LogP contribution in [0.2, 0.25) is 0 Å². The number of aromatic amines is 1. The molecular formula is C20H21N7O. The van der Waals surface area contributed by atoms with Crippen molar-refractivity contribution in [2.75, 3.05) is 20.1 Å². The number of hydrogen-bond donors (Lipinski definition) is 2. The predicted molar refractivity (Wildman–Crippen MR) is 106 cm³/mol. The predicted octanol–water partition coefficient (Wildman–Crippen LogP) is 2.10. The molecule has 2 N–H and O–H groups in total. The molecule has 8 nitrogen and oxygen atoms in total. The molecule has 28 heavy (non-hydrogen) atoms. The van der Waals surface area contributed by atoms with Crippen molar-refractivity contribution < 1.29 is 4.79 Å². The molecule has 1 aliphatic rings. The van der Waals surface area contributed by atoms with E-state index in [0.29, 0.717) is 5.56 Å². The van der Waals surface area contributed by atoms with Crippen LogP contribution in [0, 0.1) is 0 Å². The van der Waals surface area contributed by atoms with Crippen LogP contribution in [-0.4, -0.2) is 61.6 Å². The Morgan fingerprint density at radius 1 is 1.25 bits per heavy atom. The van der Waals surface area contributed by atoms with Gasteiger partial charge in [-0.25, -0.2) is 14.5 Å². The first-order valence-electron chi connectivity index (χ1n) is 9.44. The lowest BCUT2D eigenvalue weighted by Gasteiger charge is -2.29. The number of hydrogen-bond acceptors (Lipinski definition) is 5. The van der Waals surface area contributed by atoms with Crippen molar-refractivity contribution in [2.24, 2.45) is 0 Å². The molecule has 0 bridgehead atoms. The van der Waals surface area contributed by atoms with Gasteiger partial charge in [0.05, 0.1) is 5.56 Å². The molecular weight excluding hydrogens is 354 g/mol. The highest BCUT2D eigenvalue weighted by molar-refractivity contribution is 6.01. The Hall–Kier alpha value is -3.26. The maximum absolute atomic E-state index is 12.8. The maximum Gasteiger partial charge on any atom is 0.253 e. The van der Waals surface area contributed by atoms with Gasteiger partial charge >= 0.3 is 0 Å². The summed E-state index contributed by atoms with van der Waals surface area (Å²) in [6.07, 6.45) is 8.95. The molecule has 0 aromatic carbocycles. The normalized spacial score (nSPS) is 16.0. The smallest absolute Gasteiger partial charge is 0.253 e.